The second kappa shape index (κ2) is 7.28. The van der Waals surface area contributed by atoms with Gasteiger partial charge in [-0.25, -0.2) is 8.42 Å². The largest absolute Gasteiger partial charge is 0.341 e. The first-order valence-electron chi connectivity index (χ1n) is 7.45. The zero-order chi connectivity index (χ0) is 17.2. The Labute approximate surface area is 147 Å². The van der Waals surface area contributed by atoms with Crippen molar-refractivity contribution in [1.29, 1.82) is 0 Å². The summed E-state index contributed by atoms with van der Waals surface area (Å²) in [5.41, 5.74) is 0.222. The van der Waals surface area contributed by atoms with Gasteiger partial charge in [0, 0.05) is 18.1 Å². The van der Waals surface area contributed by atoms with E-state index < -0.39 is 16.1 Å². The van der Waals surface area contributed by atoms with Gasteiger partial charge in [-0.2, -0.15) is 0 Å². The predicted molar refractivity (Wildman–Crippen MR) is 93.7 cm³/mol. The van der Waals surface area contributed by atoms with E-state index in [0.29, 0.717) is 18.1 Å². The van der Waals surface area contributed by atoms with Crippen LogP contribution in [0.2, 0.25) is 10.0 Å². The van der Waals surface area contributed by atoms with Crippen LogP contribution in [0.15, 0.2) is 18.2 Å². The third kappa shape index (κ3) is 4.31. The average Bonchev–Trinajstić information content (AvgIpc) is 2.49. The van der Waals surface area contributed by atoms with E-state index in [1.165, 1.54) is 12.1 Å². The number of benzene rings is 1. The van der Waals surface area contributed by atoms with Crippen molar-refractivity contribution in [2.45, 2.75) is 32.2 Å². The summed E-state index contributed by atoms with van der Waals surface area (Å²) in [7, 11) is -3.70. The molecule has 0 spiro atoms. The van der Waals surface area contributed by atoms with Gasteiger partial charge in [0.1, 0.15) is 6.04 Å². The molecule has 1 aromatic carbocycles. The maximum absolute atomic E-state index is 12.7. The molecule has 1 aliphatic heterocycles. The molecule has 1 fully saturated rings. The van der Waals surface area contributed by atoms with Crippen LogP contribution in [0.4, 0.5) is 5.69 Å². The van der Waals surface area contributed by atoms with Gasteiger partial charge < -0.3 is 4.90 Å². The molecule has 1 heterocycles. The van der Waals surface area contributed by atoms with Crippen molar-refractivity contribution in [2.24, 2.45) is 0 Å². The lowest BCUT2D eigenvalue weighted by Crippen LogP contribution is -2.50. The third-order valence-corrected chi connectivity index (χ3v) is 5.66. The van der Waals surface area contributed by atoms with Crippen molar-refractivity contribution in [3.63, 3.8) is 0 Å². The van der Waals surface area contributed by atoms with Crippen molar-refractivity contribution in [1.82, 2.24) is 4.90 Å². The van der Waals surface area contributed by atoms with Gasteiger partial charge in [0.2, 0.25) is 15.9 Å². The van der Waals surface area contributed by atoms with Gasteiger partial charge >= 0.3 is 0 Å². The average molecular weight is 379 g/mol. The first-order valence-corrected chi connectivity index (χ1v) is 10.1. The molecule has 1 atom stereocenters. The fourth-order valence-corrected chi connectivity index (χ4v) is 4.41. The highest BCUT2D eigenvalue weighted by molar-refractivity contribution is 7.92. The molecule has 1 aromatic rings. The van der Waals surface area contributed by atoms with Gasteiger partial charge in [-0.1, -0.05) is 23.2 Å². The molecule has 1 amide bonds. The maximum Gasteiger partial charge on any atom is 0.246 e. The number of hydrogen-bond donors (Lipinski definition) is 0. The van der Waals surface area contributed by atoms with Crippen LogP contribution < -0.4 is 4.31 Å². The molecule has 0 saturated carbocycles. The Balaban J connectivity index is 2.39. The molecular formula is C15H20Cl2N2O3S. The molecule has 0 aliphatic carbocycles. The van der Waals surface area contributed by atoms with E-state index in [4.69, 9.17) is 23.2 Å². The highest BCUT2D eigenvalue weighted by atomic mass is 35.5. The molecule has 0 N–H and O–H groups in total. The van der Waals surface area contributed by atoms with Gasteiger partial charge in [-0.05, 0) is 44.4 Å². The zero-order valence-corrected chi connectivity index (χ0v) is 15.5. The normalized spacial score (nSPS) is 17.0. The van der Waals surface area contributed by atoms with Crippen LogP contribution in [0.1, 0.15) is 26.2 Å². The number of hydrogen-bond acceptors (Lipinski definition) is 3. The number of piperidine rings is 1. The van der Waals surface area contributed by atoms with Crippen molar-refractivity contribution < 1.29 is 13.2 Å². The monoisotopic (exact) mass is 378 g/mol. The fourth-order valence-electron chi connectivity index (χ4n) is 2.81. The molecule has 1 aliphatic rings. The van der Waals surface area contributed by atoms with Gasteiger partial charge in [0.25, 0.3) is 0 Å². The molecule has 0 bridgehead atoms. The molecule has 5 nitrogen and oxygen atoms in total. The van der Waals surface area contributed by atoms with E-state index >= 15 is 0 Å². The zero-order valence-electron chi connectivity index (χ0n) is 13.1. The van der Waals surface area contributed by atoms with Crippen molar-refractivity contribution in [2.75, 3.05) is 23.7 Å². The van der Waals surface area contributed by atoms with E-state index in [-0.39, 0.29) is 16.6 Å². The molecule has 0 aromatic heterocycles. The summed E-state index contributed by atoms with van der Waals surface area (Å²) in [6.45, 7) is 2.89. The van der Waals surface area contributed by atoms with Crippen LogP contribution in [-0.2, 0) is 14.8 Å². The van der Waals surface area contributed by atoms with Crippen molar-refractivity contribution in [3.05, 3.63) is 28.2 Å². The van der Waals surface area contributed by atoms with Crippen LogP contribution in [-0.4, -0.2) is 44.6 Å². The van der Waals surface area contributed by atoms with Gasteiger partial charge in [-0.3, -0.25) is 9.10 Å². The first-order chi connectivity index (χ1) is 10.7. The predicted octanol–water partition coefficient (Wildman–Crippen LogP) is 3.16. The highest BCUT2D eigenvalue weighted by Crippen LogP contribution is 2.32. The first kappa shape index (κ1) is 18.4. The topological polar surface area (TPSA) is 57.7 Å². The quantitative estimate of drug-likeness (QED) is 0.808. The van der Waals surface area contributed by atoms with E-state index in [9.17, 15) is 13.2 Å². The third-order valence-electron chi connectivity index (χ3n) is 3.88. The number of nitrogens with zero attached hydrogens (tertiary/aromatic N) is 2. The van der Waals surface area contributed by atoms with Crippen LogP contribution >= 0.6 is 23.2 Å². The summed E-state index contributed by atoms with van der Waals surface area (Å²) in [6.07, 6.45) is 4.03. The summed E-state index contributed by atoms with van der Waals surface area (Å²) in [5.74, 6) is -0.217. The number of rotatable bonds is 4. The second-order valence-corrected chi connectivity index (χ2v) is 8.42. The Kier molecular flexibility index (Phi) is 5.81. The van der Waals surface area contributed by atoms with E-state index in [2.05, 4.69) is 0 Å². The maximum atomic E-state index is 12.7. The Hall–Kier alpha value is -0.980. The lowest BCUT2D eigenvalue weighted by molar-refractivity contribution is -0.132. The minimum atomic E-state index is -3.70. The van der Waals surface area contributed by atoms with Gasteiger partial charge in [0.05, 0.1) is 17.0 Å². The second-order valence-electron chi connectivity index (χ2n) is 5.72. The number of carbonyl (C=O) groups excluding carboxylic acids is 1. The number of sulfonamides is 1. The molecule has 0 unspecified atom stereocenters. The highest BCUT2D eigenvalue weighted by Gasteiger charge is 2.33. The van der Waals surface area contributed by atoms with Crippen LogP contribution in [0.25, 0.3) is 0 Å². The summed E-state index contributed by atoms with van der Waals surface area (Å²) >= 11 is 12.1. The van der Waals surface area contributed by atoms with Crippen LogP contribution in [0.3, 0.4) is 0 Å². The van der Waals surface area contributed by atoms with Crippen molar-refractivity contribution >= 4 is 44.8 Å². The van der Waals surface area contributed by atoms with Crippen LogP contribution in [0, 0.1) is 0 Å². The Morgan fingerprint density at radius 1 is 1.22 bits per heavy atom. The molecule has 2 rings (SSSR count). The van der Waals surface area contributed by atoms with Crippen molar-refractivity contribution in [3.8, 4) is 0 Å². The Morgan fingerprint density at radius 3 is 2.39 bits per heavy atom. The number of carbonyl (C=O) groups is 1. The summed E-state index contributed by atoms with van der Waals surface area (Å²) < 4.78 is 25.6. The Morgan fingerprint density at radius 2 is 1.83 bits per heavy atom. The molecule has 128 valence electrons. The number of likely N-dealkylation sites (tertiary alicyclic amines) is 1. The Bertz CT molecular complexity index is 688. The minimum absolute atomic E-state index is 0.217. The molecule has 8 heteroatoms. The van der Waals surface area contributed by atoms with E-state index in [0.717, 1.165) is 29.8 Å². The van der Waals surface area contributed by atoms with Gasteiger partial charge in [0.15, 0.2) is 0 Å². The van der Waals surface area contributed by atoms with Crippen LogP contribution in [0.5, 0.6) is 0 Å². The molecule has 0 radical (unpaired) electrons. The van der Waals surface area contributed by atoms with E-state index in [1.54, 1.807) is 17.9 Å². The SMILES string of the molecule is C[C@H](C(=O)N1CCCCC1)N(c1cc(Cl)ccc1Cl)S(C)(=O)=O. The lowest BCUT2D eigenvalue weighted by Gasteiger charge is -2.34. The van der Waals surface area contributed by atoms with Gasteiger partial charge in [-0.15, -0.1) is 0 Å². The summed E-state index contributed by atoms with van der Waals surface area (Å²) in [4.78, 5) is 14.4. The number of anilines is 1. The lowest BCUT2D eigenvalue weighted by atomic mass is 10.1. The minimum Gasteiger partial charge on any atom is -0.341 e. The number of halogens is 2. The molecular weight excluding hydrogens is 359 g/mol. The summed E-state index contributed by atoms with van der Waals surface area (Å²) in [6, 6.07) is 3.69. The number of amides is 1. The van der Waals surface area contributed by atoms with E-state index in [1.807, 2.05) is 0 Å². The standard InChI is InChI=1S/C15H20Cl2N2O3S/c1-11(15(20)18-8-4-3-5-9-18)19(23(2,21)22)14-10-12(16)6-7-13(14)17/h6-7,10-11H,3-5,8-9H2,1-2H3/t11-/m1/s1. The fraction of sp³-hybridized carbons (Fsp3) is 0.533. The summed E-state index contributed by atoms with van der Waals surface area (Å²) in [5, 5.41) is 0.591. The molecule has 1 saturated heterocycles. The molecule has 23 heavy (non-hydrogen) atoms. The smallest absolute Gasteiger partial charge is 0.246 e.